The molecule has 0 aromatic carbocycles. The molecular weight excluding hydrogens is 174 g/mol. The topological polar surface area (TPSA) is 55.8 Å². The van der Waals surface area contributed by atoms with Gasteiger partial charge in [0.05, 0.1) is 14.2 Å². The summed E-state index contributed by atoms with van der Waals surface area (Å²) in [6, 6.07) is -0.609. The van der Waals surface area contributed by atoms with Gasteiger partial charge in [-0.15, -0.1) is 0 Å². The van der Waals surface area contributed by atoms with Gasteiger partial charge in [0.1, 0.15) is 6.04 Å². The molecular formula is C8H15NO4. The van der Waals surface area contributed by atoms with Crippen LogP contribution in [0.25, 0.3) is 0 Å². The van der Waals surface area contributed by atoms with Gasteiger partial charge in [0.15, 0.2) is 0 Å². The molecule has 0 fully saturated rings. The van der Waals surface area contributed by atoms with Crippen LogP contribution in [-0.4, -0.2) is 43.8 Å². The van der Waals surface area contributed by atoms with Crippen LogP contribution in [0, 0.1) is 0 Å². The Morgan fingerprint density at radius 2 is 1.85 bits per heavy atom. The van der Waals surface area contributed by atoms with Crippen LogP contribution in [0.5, 0.6) is 0 Å². The maximum Gasteiger partial charge on any atom is 0.410 e. The van der Waals surface area contributed by atoms with Gasteiger partial charge in [0, 0.05) is 6.54 Å². The highest BCUT2D eigenvalue weighted by Crippen LogP contribution is 2.02. The molecule has 1 atom stereocenters. The second-order valence-corrected chi connectivity index (χ2v) is 2.46. The number of carbonyl (C=O) groups is 2. The second-order valence-electron chi connectivity index (χ2n) is 2.46. The standard InChI is InChI=1S/C8H15NO4/c1-5-9(8(11)13-4)6(2)7(10)12-3/h6H,5H2,1-4H3. The van der Waals surface area contributed by atoms with Crippen molar-refractivity contribution < 1.29 is 19.1 Å². The monoisotopic (exact) mass is 189 g/mol. The van der Waals surface area contributed by atoms with Crippen LogP contribution >= 0.6 is 0 Å². The third-order valence-electron chi connectivity index (χ3n) is 1.76. The molecule has 0 heterocycles. The van der Waals surface area contributed by atoms with E-state index >= 15 is 0 Å². The second kappa shape index (κ2) is 5.40. The van der Waals surface area contributed by atoms with E-state index in [4.69, 9.17) is 0 Å². The van der Waals surface area contributed by atoms with Crippen molar-refractivity contribution in [3.05, 3.63) is 0 Å². The van der Waals surface area contributed by atoms with Crippen molar-refractivity contribution in [2.45, 2.75) is 19.9 Å². The molecule has 0 aliphatic heterocycles. The van der Waals surface area contributed by atoms with Crippen molar-refractivity contribution in [1.82, 2.24) is 4.90 Å². The Morgan fingerprint density at radius 1 is 1.31 bits per heavy atom. The van der Waals surface area contributed by atoms with E-state index in [-0.39, 0.29) is 0 Å². The van der Waals surface area contributed by atoms with Crippen molar-refractivity contribution in [2.75, 3.05) is 20.8 Å². The molecule has 5 heteroatoms. The van der Waals surface area contributed by atoms with Gasteiger partial charge in [-0.05, 0) is 13.8 Å². The molecule has 76 valence electrons. The van der Waals surface area contributed by atoms with Gasteiger partial charge in [-0.3, -0.25) is 4.90 Å². The predicted octanol–water partition coefficient (Wildman–Crippen LogP) is 0.636. The largest absolute Gasteiger partial charge is 0.467 e. The summed E-state index contributed by atoms with van der Waals surface area (Å²) in [5.41, 5.74) is 0. The van der Waals surface area contributed by atoms with E-state index in [1.165, 1.54) is 19.1 Å². The highest BCUT2D eigenvalue weighted by atomic mass is 16.5. The molecule has 0 aromatic rings. The summed E-state index contributed by atoms with van der Waals surface area (Å²) in [5, 5.41) is 0. The first-order valence-corrected chi connectivity index (χ1v) is 4.00. The molecule has 0 saturated carbocycles. The van der Waals surface area contributed by atoms with Gasteiger partial charge in [-0.25, -0.2) is 9.59 Å². The molecule has 0 rings (SSSR count). The Bertz CT molecular complexity index is 193. The number of likely N-dealkylation sites (N-methyl/N-ethyl adjacent to an activating group) is 1. The highest BCUT2D eigenvalue weighted by Gasteiger charge is 2.25. The van der Waals surface area contributed by atoms with E-state index in [0.717, 1.165) is 0 Å². The first kappa shape index (κ1) is 11.7. The number of ether oxygens (including phenoxy) is 2. The lowest BCUT2D eigenvalue weighted by Gasteiger charge is -2.24. The number of esters is 1. The van der Waals surface area contributed by atoms with E-state index in [0.29, 0.717) is 6.54 Å². The van der Waals surface area contributed by atoms with Crippen molar-refractivity contribution in [2.24, 2.45) is 0 Å². The number of rotatable bonds is 3. The van der Waals surface area contributed by atoms with Crippen LogP contribution in [0.1, 0.15) is 13.8 Å². The van der Waals surface area contributed by atoms with Gasteiger partial charge in [-0.1, -0.05) is 0 Å². The average Bonchev–Trinajstić information content (AvgIpc) is 2.17. The molecule has 1 amide bonds. The third kappa shape index (κ3) is 2.93. The summed E-state index contributed by atoms with van der Waals surface area (Å²) in [7, 11) is 2.55. The SMILES string of the molecule is CCN(C(=O)OC)C(C)C(=O)OC. The fourth-order valence-electron chi connectivity index (χ4n) is 0.976. The minimum Gasteiger partial charge on any atom is -0.467 e. The van der Waals surface area contributed by atoms with Crippen molar-refractivity contribution >= 4 is 12.1 Å². The zero-order valence-electron chi connectivity index (χ0n) is 8.36. The van der Waals surface area contributed by atoms with E-state index in [1.807, 2.05) is 0 Å². The van der Waals surface area contributed by atoms with Crippen LogP contribution in [0.2, 0.25) is 0 Å². The maximum atomic E-state index is 11.1. The van der Waals surface area contributed by atoms with Crippen LogP contribution in [0.15, 0.2) is 0 Å². The summed E-state index contributed by atoms with van der Waals surface area (Å²) >= 11 is 0. The molecule has 0 N–H and O–H groups in total. The quantitative estimate of drug-likeness (QED) is 0.611. The molecule has 0 saturated heterocycles. The van der Waals surface area contributed by atoms with Crippen LogP contribution in [-0.2, 0) is 14.3 Å². The summed E-state index contributed by atoms with van der Waals surface area (Å²) in [4.78, 5) is 23.4. The Morgan fingerprint density at radius 3 is 2.15 bits per heavy atom. The molecule has 0 aliphatic rings. The number of hydrogen-bond donors (Lipinski definition) is 0. The molecule has 0 spiro atoms. The molecule has 0 aliphatic carbocycles. The van der Waals surface area contributed by atoms with Crippen LogP contribution in [0.3, 0.4) is 0 Å². The third-order valence-corrected chi connectivity index (χ3v) is 1.76. The van der Waals surface area contributed by atoms with Crippen LogP contribution in [0.4, 0.5) is 4.79 Å². The van der Waals surface area contributed by atoms with Gasteiger partial charge in [0.2, 0.25) is 0 Å². The lowest BCUT2D eigenvalue weighted by Crippen LogP contribution is -2.43. The van der Waals surface area contributed by atoms with Crippen LogP contribution < -0.4 is 0 Å². The average molecular weight is 189 g/mol. The fourth-order valence-corrected chi connectivity index (χ4v) is 0.976. The van der Waals surface area contributed by atoms with E-state index < -0.39 is 18.1 Å². The minimum absolute atomic E-state index is 0.406. The Labute approximate surface area is 77.6 Å². The molecule has 13 heavy (non-hydrogen) atoms. The summed E-state index contributed by atoms with van der Waals surface area (Å²) in [5.74, 6) is -0.452. The lowest BCUT2D eigenvalue weighted by molar-refractivity contribution is -0.145. The zero-order chi connectivity index (χ0) is 10.4. The van der Waals surface area contributed by atoms with Crippen molar-refractivity contribution in [1.29, 1.82) is 0 Å². The highest BCUT2D eigenvalue weighted by molar-refractivity contribution is 5.80. The number of hydrogen-bond acceptors (Lipinski definition) is 4. The number of amides is 1. The lowest BCUT2D eigenvalue weighted by atomic mass is 10.3. The molecule has 0 bridgehead atoms. The zero-order valence-corrected chi connectivity index (χ0v) is 8.36. The van der Waals surface area contributed by atoms with Gasteiger partial charge >= 0.3 is 12.1 Å². The normalized spacial score (nSPS) is 11.7. The van der Waals surface area contributed by atoms with Crippen molar-refractivity contribution in [3.63, 3.8) is 0 Å². The summed E-state index contributed by atoms with van der Waals surface area (Å²) < 4.78 is 9.00. The van der Waals surface area contributed by atoms with Gasteiger partial charge < -0.3 is 9.47 Å². The van der Waals surface area contributed by atoms with Gasteiger partial charge in [-0.2, -0.15) is 0 Å². The predicted molar refractivity (Wildman–Crippen MR) is 46.3 cm³/mol. The van der Waals surface area contributed by atoms with Gasteiger partial charge in [0.25, 0.3) is 0 Å². The molecule has 1 unspecified atom stereocenters. The summed E-state index contributed by atoms with van der Waals surface area (Å²) in [6.07, 6.45) is -0.527. The number of methoxy groups -OCH3 is 2. The summed E-state index contributed by atoms with van der Waals surface area (Å²) in [6.45, 7) is 3.76. The van der Waals surface area contributed by atoms with E-state index in [2.05, 4.69) is 9.47 Å². The fraction of sp³-hybridized carbons (Fsp3) is 0.750. The first-order chi connectivity index (χ1) is 6.08. The minimum atomic E-state index is -0.609. The van der Waals surface area contributed by atoms with Crippen molar-refractivity contribution in [3.8, 4) is 0 Å². The molecule has 5 nitrogen and oxygen atoms in total. The van der Waals surface area contributed by atoms with E-state index in [1.54, 1.807) is 13.8 Å². The smallest absolute Gasteiger partial charge is 0.410 e. The number of carbonyl (C=O) groups excluding carboxylic acids is 2. The van der Waals surface area contributed by atoms with E-state index in [9.17, 15) is 9.59 Å². The number of nitrogens with zero attached hydrogens (tertiary/aromatic N) is 1. The molecule has 0 aromatic heterocycles. The Hall–Kier alpha value is -1.26. The first-order valence-electron chi connectivity index (χ1n) is 4.00. The molecule has 0 radical (unpaired) electrons. The Balaban J connectivity index is 4.39. The maximum absolute atomic E-state index is 11.1. The Kier molecular flexibility index (Phi) is 4.87.